The minimum atomic E-state index is -1.08. The number of hydrogen-bond acceptors (Lipinski definition) is 2. The van der Waals surface area contributed by atoms with E-state index < -0.39 is 17.8 Å². The number of nitrogens with one attached hydrogen (secondary N) is 1. The Morgan fingerprint density at radius 3 is 2.67 bits per heavy atom. The number of carboxylic acid groups (broad SMARTS) is 1. The largest absolute Gasteiger partial charge is 0.481 e. The second-order valence-electron chi connectivity index (χ2n) is 3.27. The Balaban J connectivity index is 2.80. The van der Waals surface area contributed by atoms with E-state index in [1.807, 2.05) is 0 Å². The summed E-state index contributed by atoms with van der Waals surface area (Å²) in [5.41, 5.74) is 0.666. The number of aromatic nitrogens is 1. The first kappa shape index (κ1) is 11.3. The Morgan fingerprint density at radius 2 is 2.27 bits per heavy atom. The molecule has 1 heterocycles. The van der Waals surface area contributed by atoms with Gasteiger partial charge < -0.3 is 15.0 Å². The average molecular weight is 210 g/mol. The van der Waals surface area contributed by atoms with Gasteiger partial charge in [0.25, 0.3) is 0 Å². The minimum absolute atomic E-state index is 0.295. The maximum absolute atomic E-state index is 11.7. The molecular weight excluding hydrogens is 196 g/mol. The van der Waals surface area contributed by atoms with Crippen molar-refractivity contribution < 1.29 is 14.7 Å². The third-order valence-corrected chi connectivity index (χ3v) is 2.30. The summed E-state index contributed by atoms with van der Waals surface area (Å²) in [5, 5.41) is 8.83. The number of nitrogens with zero attached hydrogens (tertiary/aromatic N) is 1. The smallest absolute Gasteiger partial charge is 0.316 e. The summed E-state index contributed by atoms with van der Waals surface area (Å²) in [6.07, 6.45) is 3.62. The molecule has 1 unspecified atom stereocenters. The van der Waals surface area contributed by atoms with Crippen LogP contribution < -0.4 is 4.90 Å². The van der Waals surface area contributed by atoms with Crippen LogP contribution >= 0.6 is 0 Å². The summed E-state index contributed by atoms with van der Waals surface area (Å²) >= 11 is 0. The standard InChI is InChI=1S/C10H14N2O3/c1-3-8(10(14)15)9(13)12(2)7-4-5-11-6-7/h4-6,8,11H,3H2,1-2H3,(H,14,15). The monoisotopic (exact) mass is 210 g/mol. The molecule has 1 amide bonds. The summed E-state index contributed by atoms with van der Waals surface area (Å²) in [4.78, 5) is 26.7. The summed E-state index contributed by atoms with van der Waals surface area (Å²) in [6.45, 7) is 1.68. The lowest BCUT2D eigenvalue weighted by Crippen LogP contribution is -2.36. The van der Waals surface area contributed by atoms with E-state index in [2.05, 4.69) is 4.98 Å². The van der Waals surface area contributed by atoms with Gasteiger partial charge in [0.2, 0.25) is 5.91 Å². The molecule has 0 saturated carbocycles. The molecule has 5 nitrogen and oxygen atoms in total. The molecule has 1 aromatic heterocycles. The van der Waals surface area contributed by atoms with Gasteiger partial charge in [-0.15, -0.1) is 0 Å². The lowest BCUT2D eigenvalue weighted by molar-refractivity contribution is -0.146. The van der Waals surface area contributed by atoms with Crippen LogP contribution in [-0.2, 0) is 9.59 Å². The summed E-state index contributed by atoms with van der Waals surface area (Å²) < 4.78 is 0. The van der Waals surface area contributed by atoms with Crippen LogP contribution in [0.15, 0.2) is 18.5 Å². The van der Waals surface area contributed by atoms with E-state index in [0.717, 1.165) is 0 Å². The molecule has 0 bridgehead atoms. The average Bonchev–Trinajstić information content (AvgIpc) is 2.69. The second kappa shape index (κ2) is 4.63. The third-order valence-electron chi connectivity index (χ3n) is 2.30. The number of aromatic amines is 1. The van der Waals surface area contributed by atoms with Crippen molar-refractivity contribution >= 4 is 17.6 Å². The number of hydrogen-bond donors (Lipinski definition) is 2. The van der Waals surface area contributed by atoms with Gasteiger partial charge in [-0.1, -0.05) is 6.92 Å². The van der Waals surface area contributed by atoms with Crippen molar-refractivity contribution in [3.63, 3.8) is 0 Å². The molecule has 0 aliphatic carbocycles. The number of anilines is 1. The zero-order valence-corrected chi connectivity index (χ0v) is 8.73. The molecule has 5 heteroatoms. The Hall–Kier alpha value is -1.78. The molecule has 1 aromatic rings. The topological polar surface area (TPSA) is 73.4 Å². The quantitative estimate of drug-likeness (QED) is 0.730. The first-order chi connectivity index (χ1) is 7.07. The Bertz CT molecular complexity index is 346. The van der Waals surface area contributed by atoms with Crippen molar-refractivity contribution in [2.75, 3.05) is 11.9 Å². The first-order valence-electron chi connectivity index (χ1n) is 4.71. The number of carbonyl (C=O) groups excluding carboxylic acids is 1. The first-order valence-corrected chi connectivity index (χ1v) is 4.71. The maximum atomic E-state index is 11.7. The van der Waals surface area contributed by atoms with Crippen molar-refractivity contribution in [1.82, 2.24) is 4.98 Å². The van der Waals surface area contributed by atoms with Crippen LogP contribution in [0.5, 0.6) is 0 Å². The van der Waals surface area contributed by atoms with Crippen LogP contribution in [0, 0.1) is 5.92 Å². The lowest BCUT2D eigenvalue weighted by atomic mass is 10.1. The van der Waals surface area contributed by atoms with Crippen LogP contribution in [-0.4, -0.2) is 29.0 Å². The molecule has 0 spiro atoms. The SMILES string of the molecule is CCC(C(=O)O)C(=O)N(C)c1cc[nH]c1. The maximum Gasteiger partial charge on any atom is 0.316 e. The van der Waals surface area contributed by atoms with E-state index in [-0.39, 0.29) is 0 Å². The van der Waals surface area contributed by atoms with E-state index in [9.17, 15) is 9.59 Å². The number of amides is 1. The molecular formula is C10H14N2O3. The van der Waals surface area contributed by atoms with Crippen LogP contribution in [0.4, 0.5) is 5.69 Å². The van der Waals surface area contributed by atoms with Crippen LogP contribution in [0.2, 0.25) is 0 Å². The van der Waals surface area contributed by atoms with Gasteiger partial charge in [0.1, 0.15) is 5.92 Å². The van der Waals surface area contributed by atoms with E-state index in [1.165, 1.54) is 4.90 Å². The number of aliphatic carboxylic acids is 1. The van der Waals surface area contributed by atoms with Gasteiger partial charge in [-0.05, 0) is 12.5 Å². The van der Waals surface area contributed by atoms with Crippen LogP contribution in [0.1, 0.15) is 13.3 Å². The summed E-state index contributed by atoms with van der Waals surface area (Å²) in [5.74, 6) is -2.45. The molecule has 0 fully saturated rings. The molecule has 0 aromatic carbocycles. The molecule has 0 radical (unpaired) electrons. The van der Waals surface area contributed by atoms with Crippen molar-refractivity contribution in [1.29, 1.82) is 0 Å². The summed E-state index contributed by atoms with van der Waals surface area (Å²) in [6, 6.07) is 1.71. The number of rotatable bonds is 4. The number of H-pyrrole nitrogens is 1. The zero-order chi connectivity index (χ0) is 11.4. The molecule has 0 aliphatic rings. The second-order valence-corrected chi connectivity index (χ2v) is 3.27. The molecule has 1 rings (SSSR count). The van der Waals surface area contributed by atoms with Gasteiger partial charge in [0.15, 0.2) is 0 Å². The zero-order valence-electron chi connectivity index (χ0n) is 8.73. The molecule has 0 aliphatic heterocycles. The Kier molecular flexibility index (Phi) is 3.49. The van der Waals surface area contributed by atoms with Crippen molar-refractivity contribution in [3.05, 3.63) is 18.5 Å². The van der Waals surface area contributed by atoms with Crippen LogP contribution in [0.3, 0.4) is 0 Å². The third kappa shape index (κ3) is 2.37. The molecule has 0 saturated heterocycles. The molecule has 1 atom stereocenters. The highest BCUT2D eigenvalue weighted by atomic mass is 16.4. The fraction of sp³-hybridized carbons (Fsp3) is 0.400. The van der Waals surface area contributed by atoms with Gasteiger partial charge in [-0.2, -0.15) is 0 Å². The van der Waals surface area contributed by atoms with E-state index in [0.29, 0.717) is 12.1 Å². The molecule has 82 valence electrons. The van der Waals surface area contributed by atoms with Crippen molar-refractivity contribution in [2.24, 2.45) is 5.92 Å². The highest BCUT2D eigenvalue weighted by Crippen LogP contribution is 2.15. The van der Waals surface area contributed by atoms with E-state index in [4.69, 9.17) is 5.11 Å². The van der Waals surface area contributed by atoms with Crippen molar-refractivity contribution in [2.45, 2.75) is 13.3 Å². The number of carboxylic acids is 1. The van der Waals surface area contributed by atoms with Gasteiger partial charge in [-0.25, -0.2) is 0 Å². The molecule has 2 N–H and O–H groups in total. The fourth-order valence-corrected chi connectivity index (χ4v) is 1.34. The van der Waals surface area contributed by atoms with Gasteiger partial charge in [0.05, 0.1) is 5.69 Å². The van der Waals surface area contributed by atoms with E-state index >= 15 is 0 Å². The Morgan fingerprint density at radius 1 is 1.60 bits per heavy atom. The van der Waals surface area contributed by atoms with Gasteiger partial charge in [0, 0.05) is 19.4 Å². The summed E-state index contributed by atoms with van der Waals surface area (Å²) in [7, 11) is 1.57. The van der Waals surface area contributed by atoms with Crippen LogP contribution in [0.25, 0.3) is 0 Å². The lowest BCUT2D eigenvalue weighted by Gasteiger charge is -2.19. The highest BCUT2D eigenvalue weighted by molar-refractivity contribution is 6.05. The highest BCUT2D eigenvalue weighted by Gasteiger charge is 2.27. The van der Waals surface area contributed by atoms with E-state index in [1.54, 1.807) is 32.4 Å². The minimum Gasteiger partial charge on any atom is -0.481 e. The number of carbonyl (C=O) groups is 2. The Labute approximate surface area is 87.7 Å². The van der Waals surface area contributed by atoms with Gasteiger partial charge in [-0.3, -0.25) is 9.59 Å². The normalized spacial score (nSPS) is 12.1. The predicted molar refractivity (Wildman–Crippen MR) is 55.6 cm³/mol. The molecule has 15 heavy (non-hydrogen) atoms. The predicted octanol–water partition coefficient (Wildman–Crippen LogP) is 1.09. The fourth-order valence-electron chi connectivity index (χ4n) is 1.34. The van der Waals surface area contributed by atoms with Gasteiger partial charge >= 0.3 is 5.97 Å². The van der Waals surface area contributed by atoms with Crippen molar-refractivity contribution in [3.8, 4) is 0 Å².